The van der Waals surface area contributed by atoms with E-state index in [1.54, 1.807) is 13.4 Å². The van der Waals surface area contributed by atoms with Crippen LogP contribution in [0.3, 0.4) is 0 Å². The maximum atomic E-state index is 13.1. The lowest BCUT2D eigenvalue weighted by Crippen LogP contribution is -2.08. The van der Waals surface area contributed by atoms with Crippen molar-refractivity contribution in [2.24, 2.45) is 0 Å². The number of aryl methyl sites for hydroxylation is 1. The number of hydrogen-bond donors (Lipinski definition) is 1. The number of furan rings is 1. The predicted molar refractivity (Wildman–Crippen MR) is 129 cm³/mol. The van der Waals surface area contributed by atoms with Crippen LogP contribution in [0.2, 0.25) is 0 Å². The molecule has 0 saturated heterocycles. The summed E-state index contributed by atoms with van der Waals surface area (Å²) in [5, 5.41) is 3.68. The van der Waals surface area contributed by atoms with Crippen LogP contribution in [-0.2, 0) is 4.79 Å². The number of ether oxygens (including phenoxy) is 1. The standard InChI is InChI=1S/C26H21BrFNO3/c1-15(11-24(30)29-20-9-7-19(28)8-10-20)21-13-22-23(17-5-4-6-18(27)12-17)14-32-26(22)16(2)25(21)31-3/h4-14H,1-3H3,(H,29,30)/b15-11+. The molecule has 32 heavy (non-hydrogen) atoms. The number of methoxy groups -OCH3 is 1. The monoisotopic (exact) mass is 493 g/mol. The fourth-order valence-corrected chi connectivity index (χ4v) is 4.14. The average Bonchev–Trinajstić information content (AvgIpc) is 3.19. The van der Waals surface area contributed by atoms with Crippen LogP contribution in [0, 0.1) is 12.7 Å². The second kappa shape index (κ2) is 9.01. The smallest absolute Gasteiger partial charge is 0.248 e. The zero-order valence-electron chi connectivity index (χ0n) is 17.8. The molecule has 0 saturated carbocycles. The molecule has 0 atom stereocenters. The Labute approximate surface area is 193 Å². The van der Waals surface area contributed by atoms with Crippen molar-refractivity contribution in [2.45, 2.75) is 13.8 Å². The molecule has 4 aromatic rings. The van der Waals surface area contributed by atoms with E-state index in [4.69, 9.17) is 9.15 Å². The number of carbonyl (C=O) groups excluding carboxylic acids is 1. The molecular formula is C26H21BrFNO3. The molecule has 4 rings (SSSR count). The second-order valence-corrected chi connectivity index (χ2v) is 8.36. The highest BCUT2D eigenvalue weighted by atomic mass is 79.9. The number of hydrogen-bond acceptors (Lipinski definition) is 3. The minimum atomic E-state index is -0.357. The minimum absolute atomic E-state index is 0.312. The normalized spacial score (nSPS) is 11.6. The lowest BCUT2D eigenvalue weighted by Gasteiger charge is -2.13. The van der Waals surface area contributed by atoms with Gasteiger partial charge in [-0.3, -0.25) is 4.79 Å². The highest BCUT2D eigenvalue weighted by Gasteiger charge is 2.19. The zero-order chi connectivity index (χ0) is 22.8. The third-order valence-electron chi connectivity index (χ3n) is 5.27. The maximum absolute atomic E-state index is 13.1. The van der Waals surface area contributed by atoms with Gasteiger partial charge in [0.1, 0.15) is 17.1 Å². The van der Waals surface area contributed by atoms with Gasteiger partial charge in [0, 0.05) is 38.3 Å². The van der Waals surface area contributed by atoms with Crippen molar-refractivity contribution in [3.63, 3.8) is 0 Å². The summed E-state index contributed by atoms with van der Waals surface area (Å²) < 4.78 is 25.6. The van der Waals surface area contributed by atoms with Crippen molar-refractivity contribution in [2.75, 3.05) is 12.4 Å². The average molecular weight is 494 g/mol. The van der Waals surface area contributed by atoms with Crippen molar-refractivity contribution < 1.29 is 18.3 Å². The number of fused-ring (bicyclic) bond motifs is 1. The third-order valence-corrected chi connectivity index (χ3v) is 5.76. The molecule has 1 amide bonds. The van der Waals surface area contributed by atoms with Gasteiger partial charge in [-0.15, -0.1) is 0 Å². The Hall–Kier alpha value is -3.38. The van der Waals surface area contributed by atoms with E-state index in [9.17, 15) is 9.18 Å². The van der Waals surface area contributed by atoms with E-state index in [1.807, 2.05) is 44.2 Å². The minimum Gasteiger partial charge on any atom is -0.496 e. The number of halogens is 2. The first-order valence-corrected chi connectivity index (χ1v) is 10.8. The van der Waals surface area contributed by atoms with E-state index in [2.05, 4.69) is 21.2 Å². The van der Waals surface area contributed by atoms with Gasteiger partial charge < -0.3 is 14.5 Å². The predicted octanol–water partition coefficient (Wildman–Crippen LogP) is 7.36. The highest BCUT2D eigenvalue weighted by Crippen LogP contribution is 2.40. The van der Waals surface area contributed by atoms with Crippen molar-refractivity contribution in [1.82, 2.24) is 0 Å². The fraction of sp³-hybridized carbons (Fsp3) is 0.115. The molecule has 1 heterocycles. The van der Waals surface area contributed by atoms with Gasteiger partial charge in [-0.1, -0.05) is 28.1 Å². The number of anilines is 1. The molecule has 1 N–H and O–H groups in total. The Morgan fingerprint density at radius 2 is 1.91 bits per heavy atom. The number of carbonyl (C=O) groups is 1. The summed E-state index contributed by atoms with van der Waals surface area (Å²) in [4.78, 5) is 12.6. The lowest BCUT2D eigenvalue weighted by molar-refractivity contribution is -0.111. The van der Waals surface area contributed by atoms with E-state index in [0.717, 1.165) is 43.3 Å². The van der Waals surface area contributed by atoms with Gasteiger partial charge in [-0.05, 0) is 67.4 Å². The van der Waals surface area contributed by atoms with Crippen LogP contribution in [-0.4, -0.2) is 13.0 Å². The van der Waals surface area contributed by atoms with Crippen LogP contribution in [0.4, 0.5) is 10.1 Å². The molecule has 162 valence electrons. The summed E-state index contributed by atoms with van der Waals surface area (Å²) in [6.45, 7) is 3.79. The van der Waals surface area contributed by atoms with E-state index < -0.39 is 0 Å². The first kappa shape index (κ1) is 21.8. The largest absolute Gasteiger partial charge is 0.496 e. The van der Waals surface area contributed by atoms with Gasteiger partial charge in [-0.2, -0.15) is 0 Å². The van der Waals surface area contributed by atoms with E-state index >= 15 is 0 Å². The molecule has 0 unspecified atom stereocenters. The van der Waals surface area contributed by atoms with Gasteiger partial charge >= 0.3 is 0 Å². The molecule has 6 heteroatoms. The van der Waals surface area contributed by atoms with Gasteiger partial charge in [0.15, 0.2) is 0 Å². The van der Waals surface area contributed by atoms with E-state index in [1.165, 1.54) is 30.3 Å². The van der Waals surface area contributed by atoms with Crippen LogP contribution >= 0.6 is 15.9 Å². The molecular weight excluding hydrogens is 473 g/mol. The maximum Gasteiger partial charge on any atom is 0.248 e. The van der Waals surface area contributed by atoms with Crippen LogP contribution in [0.15, 0.2) is 75.8 Å². The Kier molecular flexibility index (Phi) is 6.15. The summed E-state index contributed by atoms with van der Waals surface area (Å²) in [5.74, 6) is -0.0195. The zero-order valence-corrected chi connectivity index (χ0v) is 19.4. The molecule has 1 aromatic heterocycles. The molecule has 0 radical (unpaired) electrons. The lowest BCUT2D eigenvalue weighted by atomic mass is 9.96. The van der Waals surface area contributed by atoms with Gasteiger partial charge in [-0.25, -0.2) is 4.39 Å². The van der Waals surface area contributed by atoms with Crippen LogP contribution in [0.25, 0.3) is 27.7 Å². The van der Waals surface area contributed by atoms with Crippen LogP contribution in [0.5, 0.6) is 5.75 Å². The van der Waals surface area contributed by atoms with Gasteiger partial charge in [0.2, 0.25) is 5.91 Å². The Balaban J connectivity index is 1.76. The SMILES string of the molecule is COc1c(/C(C)=C/C(=O)Nc2ccc(F)cc2)cc2c(-c3cccc(Br)c3)coc2c1C. The highest BCUT2D eigenvalue weighted by molar-refractivity contribution is 9.10. The molecule has 0 fully saturated rings. The molecule has 0 aliphatic carbocycles. The van der Waals surface area contributed by atoms with Crippen molar-refractivity contribution in [3.05, 3.63) is 88.4 Å². The summed E-state index contributed by atoms with van der Waals surface area (Å²) >= 11 is 3.52. The van der Waals surface area contributed by atoms with E-state index in [0.29, 0.717) is 11.4 Å². The number of amides is 1. The Bertz CT molecular complexity index is 1340. The molecule has 3 aromatic carbocycles. The summed E-state index contributed by atoms with van der Waals surface area (Å²) in [7, 11) is 1.60. The molecule has 0 bridgehead atoms. The fourth-order valence-electron chi connectivity index (χ4n) is 3.74. The number of allylic oxidation sites excluding steroid dienone is 1. The summed E-state index contributed by atoms with van der Waals surface area (Å²) in [6.07, 6.45) is 3.24. The topological polar surface area (TPSA) is 51.5 Å². The third kappa shape index (κ3) is 4.32. The Morgan fingerprint density at radius 1 is 1.16 bits per heavy atom. The Morgan fingerprint density at radius 3 is 2.59 bits per heavy atom. The van der Waals surface area contributed by atoms with Gasteiger partial charge in [0.25, 0.3) is 0 Å². The van der Waals surface area contributed by atoms with Crippen LogP contribution in [0.1, 0.15) is 18.1 Å². The van der Waals surface area contributed by atoms with Gasteiger partial charge in [0.05, 0.1) is 13.4 Å². The number of rotatable bonds is 5. The van der Waals surface area contributed by atoms with Crippen molar-refractivity contribution in [1.29, 1.82) is 0 Å². The summed E-state index contributed by atoms with van der Waals surface area (Å²) in [6, 6.07) is 15.6. The first-order chi connectivity index (χ1) is 15.4. The number of nitrogens with one attached hydrogen (secondary N) is 1. The van der Waals surface area contributed by atoms with Crippen molar-refractivity contribution >= 4 is 44.1 Å². The van der Waals surface area contributed by atoms with E-state index in [-0.39, 0.29) is 11.7 Å². The van der Waals surface area contributed by atoms with Crippen LogP contribution < -0.4 is 10.1 Å². The molecule has 0 aliphatic heterocycles. The number of benzene rings is 3. The van der Waals surface area contributed by atoms with Crippen molar-refractivity contribution in [3.8, 4) is 16.9 Å². The molecule has 0 spiro atoms. The quantitative estimate of drug-likeness (QED) is 0.295. The second-order valence-electron chi connectivity index (χ2n) is 7.44. The molecule has 4 nitrogen and oxygen atoms in total. The molecule has 0 aliphatic rings. The summed E-state index contributed by atoms with van der Waals surface area (Å²) in [5.41, 5.74) is 5.61. The first-order valence-electron chi connectivity index (χ1n) is 9.97.